The molecule has 1 aromatic heterocycles. The smallest absolute Gasteiger partial charge is 0.301 e. The highest BCUT2D eigenvalue weighted by atomic mass is 32.2. The van der Waals surface area contributed by atoms with Gasteiger partial charge in [0.05, 0.1) is 0 Å². The van der Waals surface area contributed by atoms with E-state index in [0.717, 1.165) is 9.99 Å². The average Bonchev–Trinajstić information content (AvgIpc) is 2.77. The van der Waals surface area contributed by atoms with Crippen molar-refractivity contribution >= 4 is 27.4 Å². The van der Waals surface area contributed by atoms with Crippen molar-refractivity contribution in [3.05, 3.63) is 36.1 Å². The van der Waals surface area contributed by atoms with E-state index in [1.54, 1.807) is 37.3 Å². The van der Waals surface area contributed by atoms with Gasteiger partial charge < -0.3 is 9.84 Å². The number of benzene rings is 1. The molecule has 0 bridgehead atoms. The van der Waals surface area contributed by atoms with Crippen molar-refractivity contribution in [1.29, 1.82) is 0 Å². The fraction of sp³-hybridized carbons (Fsp3) is 0.250. The third kappa shape index (κ3) is 3.49. The van der Waals surface area contributed by atoms with Gasteiger partial charge in [-0.3, -0.25) is 4.72 Å². The molecule has 0 spiro atoms. The molecule has 0 aliphatic heterocycles. The lowest BCUT2D eigenvalue weighted by molar-refractivity contribution is 0.400. The molecule has 108 valence electrons. The van der Waals surface area contributed by atoms with Gasteiger partial charge in [-0.05, 0) is 31.2 Å². The first kappa shape index (κ1) is 14.4. The van der Waals surface area contributed by atoms with Gasteiger partial charge in [-0.2, -0.15) is 12.7 Å². The summed E-state index contributed by atoms with van der Waals surface area (Å²) in [5.41, 5.74) is 1.27. The monoisotopic (exact) mass is 296 g/mol. The van der Waals surface area contributed by atoms with Gasteiger partial charge in [0.15, 0.2) is 5.82 Å². The van der Waals surface area contributed by atoms with Gasteiger partial charge >= 0.3 is 10.2 Å². The van der Waals surface area contributed by atoms with Crippen molar-refractivity contribution in [2.24, 2.45) is 0 Å². The Balaban J connectivity index is 2.07. The second kappa shape index (κ2) is 5.51. The highest BCUT2D eigenvalue weighted by molar-refractivity contribution is 7.90. The fourth-order valence-electron chi connectivity index (χ4n) is 1.44. The molecule has 7 nitrogen and oxygen atoms in total. The van der Waals surface area contributed by atoms with Gasteiger partial charge in [0.1, 0.15) is 5.76 Å². The molecule has 0 radical (unpaired) electrons. The molecular formula is C12H16N4O3S. The lowest BCUT2D eigenvalue weighted by Gasteiger charge is -2.13. The van der Waals surface area contributed by atoms with Crippen LogP contribution in [-0.4, -0.2) is 32.0 Å². The summed E-state index contributed by atoms with van der Waals surface area (Å²) in [5, 5.41) is 6.86. The van der Waals surface area contributed by atoms with Gasteiger partial charge in [-0.15, -0.1) is 0 Å². The highest BCUT2D eigenvalue weighted by Gasteiger charge is 2.12. The summed E-state index contributed by atoms with van der Waals surface area (Å²) < 4.78 is 31.8. The predicted molar refractivity (Wildman–Crippen MR) is 77.2 cm³/mol. The zero-order valence-corrected chi connectivity index (χ0v) is 12.2. The third-order valence-electron chi connectivity index (χ3n) is 2.51. The molecule has 2 N–H and O–H groups in total. The van der Waals surface area contributed by atoms with Crippen LogP contribution in [0.4, 0.5) is 17.2 Å². The van der Waals surface area contributed by atoms with Gasteiger partial charge in [0.2, 0.25) is 0 Å². The van der Waals surface area contributed by atoms with Crippen molar-refractivity contribution in [2.45, 2.75) is 6.92 Å². The molecule has 0 amide bonds. The SMILES string of the molecule is Cc1cc(Nc2ccc(NS(=O)(=O)N(C)C)cc2)no1. The zero-order chi connectivity index (χ0) is 14.8. The highest BCUT2D eigenvalue weighted by Crippen LogP contribution is 2.19. The second-order valence-electron chi connectivity index (χ2n) is 4.41. The molecular weight excluding hydrogens is 280 g/mol. The van der Waals surface area contributed by atoms with Crippen LogP contribution < -0.4 is 10.0 Å². The lowest BCUT2D eigenvalue weighted by atomic mass is 10.3. The van der Waals surface area contributed by atoms with E-state index in [2.05, 4.69) is 15.2 Å². The quantitative estimate of drug-likeness (QED) is 0.880. The summed E-state index contributed by atoms with van der Waals surface area (Å²) in [4.78, 5) is 0. The Morgan fingerprint density at radius 2 is 1.75 bits per heavy atom. The maximum absolute atomic E-state index is 11.7. The summed E-state index contributed by atoms with van der Waals surface area (Å²) in [6, 6.07) is 8.59. The van der Waals surface area contributed by atoms with E-state index in [1.165, 1.54) is 14.1 Å². The van der Waals surface area contributed by atoms with Crippen LogP contribution in [0, 0.1) is 6.92 Å². The van der Waals surface area contributed by atoms with Crippen molar-refractivity contribution < 1.29 is 12.9 Å². The van der Waals surface area contributed by atoms with E-state index in [1.807, 2.05) is 0 Å². The van der Waals surface area contributed by atoms with Crippen LogP contribution in [0.1, 0.15) is 5.76 Å². The Morgan fingerprint density at radius 3 is 2.25 bits per heavy atom. The van der Waals surface area contributed by atoms with Crippen molar-refractivity contribution in [2.75, 3.05) is 24.1 Å². The maximum Gasteiger partial charge on any atom is 0.301 e. The van der Waals surface area contributed by atoms with E-state index in [-0.39, 0.29) is 0 Å². The molecule has 0 unspecified atom stereocenters. The number of rotatable bonds is 5. The van der Waals surface area contributed by atoms with Gasteiger partial charge in [-0.25, -0.2) is 0 Å². The fourth-order valence-corrected chi connectivity index (χ4v) is 2.05. The Labute approximate surface area is 117 Å². The molecule has 20 heavy (non-hydrogen) atoms. The largest absolute Gasteiger partial charge is 0.360 e. The summed E-state index contributed by atoms with van der Waals surface area (Å²) in [6.07, 6.45) is 0. The number of nitrogens with one attached hydrogen (secondary N) is 2. The molecule has 1 heterocycles. The van der Waals surface area contributed by atoms with Crippen LogP contribution in [0.2, 0.25) is 0 Å². The Morgan fingerprint density at radius 1 is 1.15 bits per heavy atom. The third-order valence-corrected chi connectivity index (χ3v) is 3.97. The van der Waals surface area contributed by atoms with Crippen molar-refractivity contribution in [3.8, 4) is 0 Å². The van der Waals surface area contributed by atoms with Gasteiger partial charge in [0, 0.05) is 31.5 Å². The molecule has 0 saturated heterocycles. The van der Waals surface area contributed by atoms with Gasteiger partial charge in [-0.1, -0.05) is 5.16 Å². The number of hydrogen-bond donors (Lipinski definition) is 2. The number of aryl methyl sites for hydroxylation is 1. The first-order valence-corrected chi connectivity index (χ1v) is 7.31. The zero-order valence-electron chi connectivity index (χ0n) is 11.4. The van der Waals surface area contributed by atoms with Crippen molar-refractivity contribution in [1.82, 2.24) is 9.46 Å². The Hall–Kier alpha value is -2.06. The number of hydrogen-bond acceptors (Lipinski definition) is 5. The summed E-state index contributed by atoms with van der Waals surface area (Å²) in [7, 11) is -0.557. The van der Waals surface area contributed by atoms with Gasteiger partial charge in [0.25, 0.3) is 0 Å². The van der Waals surface area contributed by atoms with E-state index in [4.69, 9.17) is 4.52 Å². The van der Waals surface area contributed by atoms with E-state index >= 15 is 0 Å². The Bertz CT molecular complexity index is 677. The second-order valence-corrected chi connectivity index (χ2v) is 6.30. The van der Waals surface area contributed by atoms with Crippen LogP contribution in [0.25, 0.3) is 0 Å². The maximum atomic E-state index is 11.7. The summed E-state index contributed by atoms with van der Waals surface area (Å²) in [6.45, 7) is 1.80. The minimum atomic E-state index is -3.48. The van der Waals surface area contributed by atoms with Crippen LogP contribution in [0.3, 0.4) is 0 Å². The molecule has 0 aliphatic carbocycles. The van der Waals surface area contributed by atoms with Crippen LogP contribution in [0.5, 0.6) is 0 Å². The Kier molecular flexibility index (Phi) is 3.96. The molecule has 2 rings (SSSR count). The van der Waals surface area contributed by atoms with E-state index < -0.39 is 10.2 Å². The first-order valence-electron chi connectivity index (χ1n) is 5.87. The molecule has 8 heteroatoms. The topological polar surface area (TPSA) is 87.5 Å². The molecule has 1 aromatic carbocycles. The predicted octanol–water partition coefficient (Wildman–Crippen LogP) is 1.94. The average molecular weight is 296 g/mol. The lowest BCUT2D eigenvalue weighted by Crippen LogP contribution is -2.28. The van der Waals surface area contributed by atoms with E-state index in [0.29, 0.717) is 17.3 Å². The molecule has 2 aromatic rings. The minimum absolute atomic E-state index is 0.487. The molecule has 0 saturated carbocycles. The molecule has 0 atom stereocenters. The standard InChI is InChI=1S/C12H16N4O3S/c1-9-8-12(14-19-9)13-10-4-6-11(7-5-10)15-20(17,18)16(2)3/h4-8,15H,1-3H3,(H,13,14). The van der Waals surface area contributed by atoms with Crippen LogP contribution in [-0.2, 0) is 10.2 Å². The number of aromatic nitrogens is 1. The van der Waals surface area contributed by atoms with Crippen LogP contribution >= 0.6 is 0 Å². The molecule has 0 fully saturated rings. The first-order chi connectivity index (χ1) is 9.37. The molecule has 0 aliphatic rings. The van der Waals surface area contributed by atoms with Crippen LogP contribution in [0.15, 0.2) is 34.9 Å². The normalized spacial score (nSPS) is 11.6. The number of nitrogens with zero attached hydrogens (tertiary/aromatic N) is 2. The van der Waals surface area contributed by atoms with E-state index in [9.17, 15) is 8.42 Å². The number of anilines is 3. The minimum Gasteiger partial charge on any atom is -0.360 e. The van der Waals surface area contributed by atoms with Crippen molar-refractivity contribution in [3.63, 3.8) is 0 Å². The summed E-state index contributed by atoms with van der Waals surface area (Å²) in [5.74, 6) is 1.31. The summed E-state index contributed by atoms with van der Waals surface area (Å²) >= 11 is 0.